The molecule has 184 valence electrons. The third kappa shape index (κ3) is 4.15. The molecule has 3 heterocycles. The Hall–Kier alpha value is -4.67. The molecule has 0 saturated heterocycles. The van der Waals surface area contributed by atoms with Crippen LogP contribution in [0.15, 0.2) is 64.4 Å². The maximum Gasteiger partial charge on any atom is 0.333 e. The number of aromatic nitrogens is 4. The average molecular weight is 489 g/mol. The molecule has 0 bridgehead atoms. The standard InChI is InChI=1S/C25H24N6O5/c1-3-29-14-26-22-21(29)24(34)31(25(35)30(22)12-16-7-5-4-6-8-16)13-20(32)27-17-9-10-19-18(11-17)28-23(33)15(2)36-19/h4-11,14-15H,3,12-13H2,1-2H3,(H,27,32)(H,28,33)/t15-/m1/s1. The highest BCUT2D eigenvalue weighted by Gasteiger charge is 2.24. The predicted molar refractivity (Wildman–Crippen MR) is 133 cm³/mol. The van der Waals surface area contributed by atoms with Crippen molar-refractivity contribution in [1.82, 2.24) is 18.7 Å². The summed E-state index contributed by atoms with van der Waals surface area (Å²) in [4.78, 5) is 55.8. The van der Waals surface area contributed by atoms with Gasteiger partial charge in [-0.05, 0) is 37.6 Å². The smallest absolute Gasteiger partial charge is 0.333 e. The molecule has 0 radical (unpaired) electrons. The van der Waals surface area contributed by atoms with Gasteiger partial charge in [0.15, 0.2) is 17.3 Å². The number of benzene rings is 2. The maximum atomic E-state index is 13.4. The Labute approximate surface area is 204 Å². The van der Waals surface area contributed by atoms with Crippen molar-refractivity contribution in [2.24, 2.45) is 0 Å². The fourth-order valence-electron chi connectivity index (χ4n) is 4.16. The van der Waals surface area contributed by atoms with Crippen molar-refractivity contribution in [2.45, 2.75) is 39.6 Å². The van der Waals surface area contributed by atoms with Gasteiger partial charge in [-0.25, -0.2) is 14.3 Å². The monoisotopic (exact) mass is 488 g/mol. The zero-order valence-electron chi connectivity index (χ0n) is 19.7. The van der Waals surface area contributed by atoms with E-state index in [0.29, 0.717) is 23.7 Å². The predicted octanol–water partition coefficient (Wildman–Crippen LogP) is 1.79. The summed E-state index contributed by atoms with van der Waals surface area (Å²) in [6.07, 6.45) is 0.899. The van der Waals surface area contributed by atoms with Crippen molar-refractivity contribution < 1.29 is 14.3 Å². The molecule has 4 aromatic rings. The van der Waals surface area contributed by atoms with Crippen molar-refractivity contribution in [3.63, 3.8) is 0 Å². The first-order valence-corrected chi connectivity index (χ1v) is 11.5. The van der Waals surface area contributed by atoms with Gasteiger partial charge in [0, 0.05) is 12.2 Å². The number of anilines is 2. The molecule has 2 aromatic heterocycles. The third-order valence-corrected chi connectivity index (χ3v) is 6.00. The van der Waals surface area contributed by atoms with Crippen LogP contribution in [0.25, 0.3) is 11.2 Å². The van der Waals surface area contributed by atoms with Gasteiger partial charge in [0.2, 0.25) is 5.91 Å². The van der Waals surface area contributed by atoms with Crippen LogP contribution >= 0.6 is 0 Å². The molecular formula is C25H24N6O5. The zero-order chi connectivity index (χ0) is 25.4. The van der Waals surface area contributed by atoms with Crippen molar-refractivity contribution >= 4 is 34.4 Å². The van der Waals surface area contributed by atoms with Crippen LogP contribution in [-0.4, -0.2) is 36.6 Å². The number of aryl methyl sites for hydroxylation is 1. The Morgan fingerprint density at radius 1 is 1.11 bits per heavy atom. The Kier molecular flexibility index (Phi) is 5.88. The lowest BCUT2D eigenvalue weighted by atomic mass is 10.2. The molecule has 5 rings (SSSR count). The molecule has 36 heavy (non-hydrogen) atoms. The van der Waals surface area contributed by atoms with E-state index in [2.05, 4.69) is 15.6 Å². The number of ether oxygens (including phenoxy) is 1. The Morgan fingerprint density at radius 2 is 1.89 bits per heavy atom. The van der Waals surface area contributed by atoms with Crippen LogP contribution in [-0.2, 0) is 29.2 Å². The molecule has 0 spiro atoms. The van der Waals surface area contributed by atoms with Crippen molar-refractivity contribution in [2.75, 3.05) is 10.6 Å². The number of imidazole rings is 1. The van der Waals surface area contributed by atoms with E-state index in [9.17, 15) is 19.2 Å². The quantitative estimate of drug-likeness (QED) is 0.426. The van der Waals surface area contributed by atoms with Crippen LogP contribution in [0.4, 0.5) is 11.4 Å². The van der Waals surface area contributed by atoms with Crippen molar-refractivity contribution in [1.29, 1.82) is 0 Å². The lowest BCUT2D eigenvalue weighted by molar-refractivity contribution is -0.122. The van der Waals surface area contributed by atoms with E-state index in [4.69, 9.17) is 4.74 Å². The first-order chi connectivity index (χ1) is 17.4. The summed E-state index contributed by atoms with van der Waals surface area (Å²) in [7, 11) is 0. The molecule has 2 N–H and O–H groups in total. The number of nitrogens with zero attached hydrogens (tertiary/aromatic N) is 4. The van der Waals surface area contributed by atoms with Crippen LogP contribution in [0.2, 0.25) is 0 Å². The van der Waals surface area contributed by atoms with Gasteiger partial charge in [-0.15, -0.1) is 0 Å². The molecule has 0 fully saturated rings. The summed E-state index contributed by atoms with van der Waals surface area (Å²) in [6, 6.07) is 14.1. The highest BCUT2D eigenvalue weighted by Crippen LogP contribution is 2.32. The van der Waals surface area contributed by atoms with Gasteiger partial charge in [-0.2, -0.15) is 0 Å². The average Bonchev–Trinajstić information content (AvgIpc) is 3.30. The molecule has 11 heteroatoms. The summed E-state index contributed by atoms with van der Waals surface area (Å²) in [5, 5.41) is 5.40. The van der Waals surface area contributed by atoms with Crippen LogP contribution in [0.5, 0.6) is 5.75 Å². The minimum Gasteiger partial charge on any atom is -0.479 e. The number of fused-ring (bicyclic) bond motifs is 2. The van der Waals surface area contributed by atoms with Gasteiger partial charge in [0.25, 0.3) is 11.5 Å². The lowest BCUT2D eigenvalue weighted by Crippen LogP contribution is -2.43. The number of nitrogens with one attached hydrogen (secondary N) is 2. The van der Waals surface area contributed by atoms with Gasteiger partial charge in [-0.1, -0.05) is 30.3 Å². The fourth-order valence-corrected chi connectivity index (χ4v) is 4.16. The van der Waals surface area contributed by atoms with E-state index in [1.807, 2.05) is 37.3 Å². The molecule has 1 atom stereocenters. The highest BCUT2D eigenvalue weighted by molar-refractivity contribution is 5.99. The summed E-state index contributed by atoms with van der Waals surface area (Å²) >= 11 is 0. The van der Waals surface area contributed by atoms with E-state index in [0.717, 1.165) is 10.1 Å². The zero-order valence-corrected chi connectivity index (χ0v) is 19.7. The van der Waals surface area contributed by atoms with Crippen molar-refractivity contribution in [3.05, 3.63) is 81.3 Å². The molecule has 11 nitrogen and oxygen atoms in total. The Morgan fingerprint density at radius 3 is 2.64 bits per heavy atom. The molecule has 1 aliphatic rings. The number of carbonyl (C=O) groups is 2. The number of hydrogen-bond acceptors (Lipinski definition) is 6. The minimum absolute atomic E-state index is 0.196. The number of amides is 2. The van der Waals surface area contributed by atoms with Gasteiger partial charge < -0.3 is 19.9 Å². The number of carbonyl (C=O) groups excluding carboxylic acids is 2. The van der Waals surface area contributed by atoms with Crippen LogP contribution in [0.1, 0.15) is 19.4 Å². The van der Waals surface area contributed by atoms with Crippen LogP contribution in [0, 0.1) is 0 Å². The molecule has 1 aliphatic heterocycles. The minimum atomic E-state index is -0.632. The van der Waals surface area contributed by atoms with Gasteiger partial charge in [0.05, 0.1) is 18.6 Å². The van der Waals surface area contributed by atoms with Crippen LogP contribution < -0.4 is 26.6 Å². The second-order valence-corrected chi connectivity index (χ2v) is 8.46. The Balaban J connectivity index is 1.48. The summed E-state index contributed by atoms with van der Waals surface area (Å²) in [6.45, 7) is 3.68. The van der Waals surface area contributed by atoms with Gasteiger partial charge in [-0.3, -0.25) is 19.0 Å². The molecular weight excluding hydrogens is 464 g/mol. The molecule has 0 aliphatic carbocycles. The molecule has 0 unspecified atom stereocenters. The summed E-state index contributed by atoms with van der Waals surface area (Å²) in [5.41, 5.74) is 0.966. The first-order valence-electron chi connectivity index (χ1n) is 11.5. The SMILES string of the molecule is CCn1cnc2c1c(=O)n(CC(=O)Nc1ccc3c(c1)NC(=O)[C@@H](C)O3)c(=O)n2Cc1ccccc1. The highest BCUT2D eigenvalue weighted by atomic mass is 16.5. The number of hydrogen-bond donors (Lipinski definition) is 2. The maximum absolute atomic E-state index is 13.4. The van der Waals surface area contributed by atoms with E-state index >= 15 is 0 Å². The van der Waals surface area contributed by atoms with Crippen LogP contribution in [0.3, 0.4) is 0 Å². The summed E-state index contributed by atoms with van der Waals surface area (Å²) < 4.78 is 9.50. The van der Waals surface area contributed by atoms with Crippen molar-refractivity contribution in [3.8, 4) is 5.75 Å². The largest absolute Gasteiger partial charge is 0.479 e. The summed E-state index contributed by atoms with van der Waals surface area (Å²) in [5.74, 6) is -0.380. The molecule has 0 saturated carbocycles. The van der Waals surface area contributed by atoms with E-state index in [-0.39, 0.29) is 23.6 Å². The lowest BCUT2D eigenvalue weighted by Gasteiger charge is -2.23. The Bertz CT molecular complexity index is 1600. The second kappa shape index (κ2) is 9.17. The molecule has 2 aromatic carbocycles. The van der Waals surface area contributed by atoms with Gasteiger partial charge in [0.1, 0.15) is 12.3 Å². The van der Waals surface area contributed by atoms with E-state index in [1.165, 1.54) is 10.9 Å². The van der Waals surface area contributed by atoms with E-state index in [1.54, 1.807) is 29.7 Å². The second-order valence-electron chi connectivity index (χ2n) is 8.46. The van der Waals surface area contributed by atoms with E-state index < -0.39 is 29.8 Å². The topological polar surface area (TPSA) is 129 Å². The number of rotatable bonds is 6. The normalized spacial score (nSPS) is 14.7. The fraction of sp³-hybridized carbons (Fsp3) is 0.240. The molecule has 2 amide bonds. The third-order valence-electron chi connectivity index (χ3n) is 6.00. The van der Waals surface area contributed by atoms with Gasteiger partial charge >= 0.3 is 5.69 Å². The first kappa shape index (κ1) is 23.1.